The molecule has 0 aliphatic carbocycles. The lowest BCUT2D eigenvalue weighted by atomic mass is 10.2. The minimum atomic E-state index is -0.138. The standard InChI is InChI=1S/C16H25NO2/c1-2-3-4-11-19-16-7-5-14(6-8-16)12-17-10-9-15(18)13-17/h5-8,15,18H,2-4,9-13H2,1H3/t15-/m1/s1. The molecule has 1 N–H and O–H groups in total. The van der Waals surface area contributed by atoms with E-state index in [4.69, 9.17) is 4.74 Å². The third-order valence-electron chi connectivity index (χ3n) is 3.59. The van der Waals surface area contributed by atoms with E-state index >= 15 is 0 Å². The van der Waals surface area contributed by atoms with E-state index in [0.29, 0.717) is 0 Å². The maximum atomic E-state index is 9.50. The largest absolute Gasteiger partial charge is 0.494 e. The minimum absolute atomic E-state index is 0.138. The van der Waals surface area contributed by atoms with Crippen LogP contribution in [0, 0.1) is 0 Å². The van der Waals surface area contributed by atoms with Crippen LogP contribution in [-0.2, 0) is 6.54 Å². The Hall–Kier alpha value is -1.06. The number of hydrogen-bond acceptors (Lipinski definition) is 3. The van der Waals surface area contributed by atoms with Gasteiger partial charge in [0, 0.05) is 19.6 Å². The molecule has 0 bridgehead atoms. The zero-order valence-electron chi connectivity index (χ0n) is 11.8. The van der Waals surface area contributed by atoms with E-state index < -0.39 is 0 Å². The highest BCUT2D eigenvalue weighted by molar-refractivity contribution is 5.27. The highest BCUT2D eigenvalue weighted by atomic mass is 16.5. The molecule has 1 aliphatic rings. The number of aliphatic hydroxyl groups excluding tert-OH is 1. The summed E-state index contributed by atoms with van der Waals surface area (Å²) in [5, 5.41) is 9.50. The van der Waals surface area contributed by atoms with Crippen LogP contribution < -0.4 is 4.74 Å². The van der Waals surface area contributed by atoms with Gasteiger partial charge in [-0.3, -0.25) is 4.90 Å². The van der Waals surface area contributed by atoms with Crippen LogP contribution in [0.15, 0.2) is 24.3 Å². The number of likely N-dealkylation sites (tertiary alicyclic amines) is 1. The van der Waals surface area contributed by atoms with Crippen LogP contribution in [-0.4, -0.2) is 35.8 Å². The Balaban J connectivity index is 1.74. The van der Waals surface area contributed by atoms with Gasteiger partial charge in [0.1, 0.15) is 5.75 Å². The Kier molecular flexibility index (Phi) is 5.67. The summed E-state index contributed by atoms with van der Waals surface area (Å²) in [5.41, 5.74) is 1.29. The maximum absolute atomic E-state index is 9.50. The summed E-state index contributed by atoms with van der Waals surface area (Å²) in [6.07, 6.45) is 4.35. The average molecular weight is 263 g/mol. The summed E-state index contributed by atoms with van der Waals surface area (Å²) in [6, 6.07) is 8.35. The van der Waals surface area contributed by atoms with Gasteiger partial charge in [0.15, 0.2) is 0 Å². The highest BCUT2D eigenvalue weighted by Gasteiger charge is 2.19. The quantitative estimate of drug-likeness (QED) is 0.768. The van der Waals surface area contributed by atoms with Gasteiger partial charge in [-0.05, 0) is 30.5 Å². The van der Waals surface area contributed by atoms with E-state index in [1.54, 1.807) is 0 Å². The van der Waals surface area contributed by atoms with Crippen molar-refractivity contribution in [2.24, 2.45) is 0 Å². The van der Waals surface area contributed by atoms with Gasteiger partial charge >= 0.3 is 0 Å². The summed E-state index contributed by atoms with van der Waals surface area (Å²) >= 11 is 0. The molecule has 1 saturated heterocycles. The molecule has 1 heterocycles. The van der Waals surface area contributed by atoms with Crippen molar-refractivity contribution in [1.29, 1.82) is 0 Å². The fraction of sp³-hybridized carbons (Fsp3) is 0.625. The highest BCUT2D eigenvalue weighted by Crippen LogP contribution is 2.17. The molecule has 0 unspecified atom stereocenters. The van der Waals surface area contributed by atoms with Crippen molar-refractivity contribution >= 4 is 0 Å². The van der Waals surface area contributed by atoms with Crippen molar-refractivity contribution in [2.75, 3.05) is 19.7 Å². The molecule has 3 nitrogen and oxygen atoms in total. The molecule has 1 aromatic rings. The molecule has 0 amide bonds. The molecule has 106 valence electrons. The van der Waals surface area contributed by atoms with Gasteiger partial charge in [0.05, 0.1) is 12.7 Å². The van der Waals surface area contributed by atoms with E-state index in [2.05, 4.69) is 24.0 Å². The van der Waals surface area contributed by atoms with Gasteiger partial charge in [0.2, 0.25) is 0 Å². The Labute approximate surface area is 116 Å². The molecule has 0 radical (unpaired) electrons. The predicted octanol–water partition coefficient (Wildman–Crippen LogP) is 2.82. The summed E-state index contributed by atoms with van der Waals surface area (Å²) < 4.78 is 5.70. The smallest absolute Gasteiger partial charge is 0.119 e. The molecular formula is C16H25NO2. The molecule has 2 rings (SSSR count). The van der Waals surface area contributed by atoms with Crippen molar-refractivity contribution < 1.29 is 9.84 Å². The number of ether oxygens (including phenoxy) is 1. The van der Waals surface area contributed by atoms with Crippen molar-refractivity contribution in [3.8, 4) is 5.75 Å². The first-order valence-corrected chi connectivity index (χ1v) is 7.40. The van der Waals surface area contributed by atoms with Crippen molar-refractivity contribution in [2.45, 2.75) is 45.3 Å². The van der Waals surface area contributed by atoms with E-state index in [-0.39, 0.29) is 6.10 Å². The molecule has 1 aromatic carbocycles. The Bertz CT molecular complexity index is 364. The van der Waals surface area contributed by atoms with Gasteiger partial charge in [-0.2, -0.15) is 0 Å². The Morgan fingerprint density at radius 3 is 2.68 bits per heavy atom. The number of β-amino-alcohol motifs (C(OH)–C–C–N with tert-alkyl or cyclic N) is 1. The van der Waals surface area contributed by atoms with Crippen LogP contribution in [0.5, 0.6) is 5.75 Å². The number of unbranched alkanes of at least 4 members (excludes halogenated alkanes) is 2. The lowest BCUT2D eigenvalue weighted by Gasteiger charge is -2.15. The lowest BCUT2D eigenvalue weighted by Crippen LogP contribution is -2.21. The molecule has 0 spiro atoms. The SMILES string of the molecule is CCCCCOc1ccc(CN2CC[C@@H](O)C2)cc1. The molecule has 0 saturated carbocycles. The molecule has 1 fully saturated rings. The Morgan fingerprint density at radius 2 is 2.05 bits per heavy atom. The molecule has 0 aromatic heterocycles. The lowest BCUT2D eigenvalue weighted by molar-refractivity contribution is 0.175. The third kappa shape index (κ3) is 4.84. The topological polar surface area (TPSA) is 32.7 Å². The number of aliphatic hydroxyl groups is 1. The second-order valence-corrected chi connectivity index (χ2v) is 5.38. The van der Waals surface area contributed by atoms with Gasteiger partial charge in [-0.15, -0.1) is 0 Å². The van der Waals surface area contributed by atoms with Crippen LogP contribution in [0.25, 0.3) is 0 Å². The van der Waals surface area contributed by atoms with Crippen LogP contribution in [0.3, 0.4) is 0 Å². The fourth-order valence-corrected chi connectivity index (χ4v) is 2.45. The second kappa shape index (κ2) is 7.51. The second-order valence-electron chi connectivity index (χ2n) is 5.38. The first kappa shape index (κ1) is 14.4. The van der Waals surface area contributed by atoms with E-state index in [1.807, 2.05) is 12.1 Å². The zero-order valence-corrected chi connectivity index (χ0v) is 11.8. The molecule has 1 aliphatic heterocycles. The zero-order chi connectivity index (χ0) is 13.5. The van der Waals surface area contributed by atoms with Crippen molar-refractivity contribution in [1.82, 2.24) is 4.90 Å². The summed E-state index contributed by atoms with van der Waals surface area (Å²) in [5.74, 6) is 0.960. The number of benzene rings is 1. The van der Waals surface area contributed by atoms with Crippen molar-refractivity contribution in [3.05, 3.63) is 29.8 Å². The van der Waals surface area contributed by atoms with Crippen LogP contribution >= 0.6 is 0 Å². The summed E-state index contributed by atoms with van der Waals surface area (Å²) in [4.78, 5) is 2.29. The van der Waals surface area contributed by atoms with Gasteiger partial charge in [-0.25, -0.2) is 0 Å². The summed E-state index contributed by atoms with van der Waals surface area (Å²) in [6.45, 7) is 5.73. The summed E-state index contributed by atoms with van der Waals surface area (Å²) in [7, 11) is 0. The number of rotatable bonds is 7. The monoisotopic (exact) mass is 263 g/mol. The maximum Gasteiger partial charge on any atom is 0.119 e. The first-order chi connectivity index (χ1) is 9.28. The molecule has 1 atom stereocenters. The first-order valence-electron chi connectivity index (χ1n) is 7.40. The molecule has 3 heteroatoms. The molecule has 19 heavy (non-hydrogen) atoms. The Morgan fingerprint density at radius 1 is 1.26 bits per heavy atom. The normalized spacial score (nSPS) is 19.8. The van der Waals surface area contributed by atoms with E-state index in [9.17, 15) is 5.11 Å². The third-order valence-corrected chi connectivity index (χ3v) is 3.59. The van der Waals surface area contributed by atoms with Crippen LogP contribution in [0.4, 0.5) is 0 Å². The molecular weight excluding hydrogens is 238 g/mol. The van der Waals surface area contributed by atoms with Crippen LogP contribution in [0.1, 0.15) is 38.2 Å². The average Bonchev–Trinajstić information content (AvgIpc) is 2.82. The van der Waals surface area contributed by atoms with E-state index in [0.717, 1.165) is 44.8 Å². The number of hydrogen-bond donors (Lipinski definition) is 1. The van der Waals surface area contributed by atoms with Gasteiger partial charge < -0.3 is 9.84 Å². The fourth-order valence-electron chi connectivity index (χ4n) is 2.45. The van der Waals surface area contributed by atoms with E-state index in [1.165, 1.54) is 18.4 Å². The van der Waals surface area contributed by atoms with Gasteiger partial charge in [-0.1, -0.05) is 31.9 Å². The number of nitrogens with zero attached hydrogens (tertiary/aromatic N) is 1. The van der Waals surface area contributed by atoms with Crippen molar-refractivity contribution in [3.63, 3.8) is 0 Å². The minimum Gasteiger partial charge on any atom is -0.494 e. The predicted molar refractivity (Wildman–Crippen MR) is 77.4 cm³/mol. The van der Waals surface area contributed by atoms with Crippen LogP contribution in [0.2, 0.25) is 0 Å². The van der Waals surface area contributed by atoms with Gasteiger partial charge in [0.25, 0.3) is 0 Å².